The van der Waals surface area contributed by atoms with Crippen molar-refractivity contribution in [3.8, 4) is 5.75 Å². The molecule has 0 aromatic heterocycles. The van der Waals surface area contributed by atoms with Gasteiger partial charge < -0.3 is 20.3 Å². The van der Waals surface area contributed by atoms with Crippen molar-refractivity contribution in [2.45, 2.75) is 18.6 Å². The Hall–Kier alpha value is -2.74. The average Bonchev–Trinajstić information content (AvgIpc) is 3.09. The summed E-state index contributed by atoms with van der Waals surface area (Å²) < 4.78 is 43.3. The summed E-state index contributed by atoms with van der Waals surface area (Å²) in [6, 6.07) is 9.80. The Kier molecular flexibility index (Phi) is 5.79. The van der Waals surface area contributed by atoms with Crippen LogP contribution in [0.3, 0.4) is 0 Å². The highest BCUT2D eigenvalue weighted by Crippen LogP contribution is 2.30. The van der Waals surface area contributed by atoms with Crippen LogP contribution in [0.2, 0.25) is 0 Å². The number of carbonyl (C=O) groups is 1. The molecule has 0 bridgehead atoms. The van der Waals surface area contributed by atoms with Gasteiger partial charge in [-0.3, -0.25) is 0 Å². The third-order valence-electron chi connectivity index (χ3n) is 4.65. The first-order valence-electron chi connectivity index (χ1n) is 8.88. The Morgan fingerprint density at radius 2 is 1.89 bits per heavy atom. The predicted octanol–water partition coefficient (Wildman–Crippen LogP) is 4.06. The van der Waals surface area contributed by atoms with Crippen LogP contribution in [0, 0.1) is 0 Å². The third kappa shape index (κ3) is 4.75. The van der Waals surface area contributed by atoms with Crippen LogP contribution in [0.15, 0.2) is 42.5 Å². The SMILES string of the molecule is CN(C)C(CNC(=O)Nc1ccc(C(F)(F)F)cc1)c1ccc2c(c1)CCO2. The van der Waals surface area contributed by atoms with Crippen molar-refractivity contribution in [2.24, 2.45) is 0 Å². The standard InChI is InChI=1S/C20H22F3N3O2/c1-26(2)17(13-3-8-18-14(11-13)9-10-28-18)12-24-19(27)25-16-6-4-15(5-7-16)20(21,22)23/h3-8,11,17H,9-10,12H2,1-2H3,(H2,24,25,27). The van der Waals surface area contributed by atoms with Gasteiger partial charge in [0.05, 0.1) is 18.2 Å². The number of fused-ring (bicyclic) bond motifs is 1. The summed E-state index contributed by atoms with van der Waals surface area (Å²) in [5.41, 5.74) is 1.75. The Bertz CT molecular complexity index is 836. The zero-order valence-corrected chi connectivity index (χ0v) is 15.6. The molecule has 1 unspecified atom stereocenters. The summed E-state index contributed by atoms with van der Waals surface area (Å²) >= 11 is 0. The highest BCUT2D eigenvalue weighted by atomic mass is 19.4. The van der Waals surface area contributed by atoms with Gasteiger partial charge in [-0.2, -0.15) is 13.2 Å². The first-order valence-corrected chi connectivity index (χ1v) is 8.88. The maximum atomic E-state index is 12.6. The zero-order valence-electron chi connectivity index (χ0n) is 15.6. The van der Waals surface area contributed by atoms with Crippen molar-refractivity contribution in [3.63, 3.8) is 0 Å². The number of halogens is 3. The van der Waals surface area contributed by atoms with Crippen LogP contribution < -0.4 is 15.4 Å². The second-order valence-corrected chi connectivity index (χ2v) is 6.86. The second-order valence-electron chi connectivity index (χ2n) is 6.86. The summed E-state index contributed by atoms with van der Waals surface area (Å²) in [5, 5.41) is 5.33. The molecule has 28 heavy (non-hydrogen) atoms. The zero-order chi connectivity index (χ0) is 20.3. The van der Waals surface area contributed by atoms with Gasteiger partial charge in [0, 0.05) is 18.7 Å². The lowest BCUT2D eigenvalue weighted by atomic mass is 10.0. The van der Waals surface area contributed by atoms with E-state index >= 15 is 0 Å². The lowest BCUT2D eigenvalue weighted by Gasteiger charge is -2.25. The summed E-state index contributed by atoms with van der Waals surface area (Å²) in [6.07, 6.45) is -3.54. The van der Waals surface area contributed by atoms with E-state index in [1.54, 1.807) is 0 Å². The van der Waals surface area contributed by atoms with Crippen LogP contribution in [-0.4, -0.2) is 38.2 Å². The molecule has 0 radical (unpaired) electrons. The van der Waals surface area contributed by atoms with E-state index in [0.717, 1.165) is 35.4 Å². The molecule has 5 nitrogen and oxygen atoms in total. The summed E-state index contributed by atoms with van der Waals surface area (Å²) in [4.78, 5) is 14.2. The number of anilines is 1. The highest BCUT2D eigenvalue weighted by molar-refractivity contribution is 5.89. The maximum absolute atomic E-state index is 12.6. The van der Waals surface area contributed by atoms with E-state index in [1.807, 2.05) is 31.1 Å². The molecule has 0 saturated carbocycles. The number of nitrogens with zero attached hydrogens (tertiary/aromatic N) is 1. The fraction of sp³-hybridized carbons (Fsp3) is 0.350. The second kappa shape index (κ2) is 8.10. The average molecular weight is 393 g/mol. The third-order valence-corrected chi connectivity index (χ3v) is 4.65. The van der Waals surface area contributed by atoms with Crippen LogP contribution in [0.1, 0.15) is 22.7 Å². The van der Waals surface area contributed by atoms with Crippen molar-refractivity contribution in [1.82, 2.24) is 10.2 Å². The van der Waals surface area contributed by atoms with Crippen molar-refractivity contribution in [2.75, 3.05) is 32.6 Å². The largest absolute Gasteiger partial charge is 0.493 e. The maximum Gasteiger partial charge on any atom is 0.416 e. The van der Waals surface area contributed by atoms with Crippen molar-refractivity contribution < 1.29 is 22.7 Å². The van der Waals surface area contributed by atoms with E-state index in [2.05, 4.69) is 16.7 Å². The van der Waals surface area contributed by atoms with E-state index < -0.39 is 17.8 Å². The molecule has 1 aliphatic rings. The van der Waals surface area contributed by atoms with Gasteiger partial charge in [0.25, 0.3) is 0 Å². The number of nitrogens with one attached hydrogen (secondary N) is 2. The van der Waals surface area contributed by atoms with E-state index in [4.69, 9.17) is 4.74 Å². The lowest BCUT2D eigenvalue weighted by molar-refractivity contribution is -0.137. The van der Waals surface area contributed by atoms with Gasteiger partial charge in [-0.15, -0.1) is 0 Å². The van der Waals surface area contributed by atoms with Gasteiger partial charge in [-0.05, 0) is 55.6 Å². The van der Waals surface area contributed by atoms with Gasteiger partial charge >= 0.3 is 12.2 Å². The molecule has 0 aliphatic carbocycles. The number of rotatable bonds is 5. The van der Waals surface area contributed by atoms with E-state index in [-0.39, 0.29) is 6.04 Å². The number of amides is 2. The van der Waals surface area contributed by atoms with Crippen LogP contribution in [-0.2, 0) is 12.6 Å². The molecule has 1 atom stereocenters. The molecule has 0 spiro atoms. The molecule has 8 heteroatoms. The monoisotopic (exact) mass is 393 g/mol. The summed E-state index contributed by atoms with van der Waals surface area (Å²) in [6.45, 7) is 1.03. The quantitative estimate of drug-likeness (QED) is 0.805. The first kappa shape index (κ1) is 20.0. The molecule has 3 rings (SSSR count). The van der Waals surface area contributed by atoms with E-state index in [1.165, 1.54) is 12.1 Å². The number of carbonyl (C=O) groups excluding carboxylic acids is 1. The lowest BCUT2D eigenvalue weighted by Crippen LogP contribution is -2.36. The number of likely N-dealkylation sites (N-methyl/N-ethyl adjacent to an activating group) is 1. The smallest absolute Gasteiger partial charge is 0.416 e. The number of urea groups is 1. The van der Waals surface area contributed by atoms with Crippen molar-refractivity contribution >= 4 is 11.7 Å². The van der Waals surface area contributed by atoms with E-state index in [9.17, 15) is 18.0 Å². The van der Waals surface area contributed by atoms with Gasteiger partial charge in [0.15, 0.2) is 0 Å². The molecular weight excluding hydrogens is 371 g/mol. The van der Waals surface area contributed by atoms with Crippen LogP contribution in [0.4, 0.5) is 23.7 Å². The Labute approximate surface area is 161 Å². The number of ether oxygens (including phenoxy) is 1. The highest BCUT2D eigenvalue weighted by Gasteiger charge is 2.30. The predicted molar refractivity (Wildman–Crippen MR) is 101 cm³/mol. The molecule has 2 N–H and O–H groups in total. The van der Waals surface area contributed by atoms with Crippen LogP contribution >= 0.6 is 0 Å². The summed E-state index contributed by atoms with van der Waals surface area (Å²) in [7, 11) is 3.84. The molecular formula is C20H22F3N3O2. The van der Waals surface area contributed by atoms with Crippen molar-refractivity contribution in [1.29, 1.82) is 0 Å². The molecule has 2 amide bonds. The Morgan fingerprint density at radius 1 is 1.18 bits per heavy atom. The summed E-state index contributed by atoms with van der Waals surface area (Å²) in [5.74, 6) is 0.897. The fourth-order valence-electron chi connectivity index (χ4n) is 3.12. The fourth-order valence-corrected chi connectivity index (χ4v) is 3.12. The van der Waals surface area contributed by atoms with Crippen LogP contribution in [0.25, 0.3) is 0 Å². The Balaban J connectivity index is 1.60. The molecule has 0 fully saturated rings. The normalized spacial score (nSPS) is 14.4. The number of alkyl halides is 3. The molecule has 150 valence electrons. The van der Waals surface area contributed by atoms with Gasteiger partial charge in [-0.1, -0.05) is 12.1 Å². The minimum atomic E-state index is -4.40. The molecule has 1 heterocycles. The van der Waals surface area contributed by atoms with Gasteiger partial charge in [0.1, 0.15) is 5.75 Å². The first-order chi connectivity index (χ1) is 13.2. The molecule has 2 aromatic rings. The van der Waals surface area contributed by atoms with Crippen LogP contribution in [0.5, 0.6) is 5.75 Å². The topological polar surface area (TPSA) is 53.6 Å². The van der Waals surface area contributed by atoms with Gasteiger partial charge in [-0.25, -0.2) is 4.79 Å². The van der Waals surface area contributed by atoms with Gasteiger partial charge in [0.2, 0.25) is 0 Å². The minimum Gasteiger partial charge on any atom is -0.493 e. The molecule has 1 aliphatic heterocycles. The molecule has 2 aromatic carbocycles. The Morgan fingerprint density at radius 3 is 2.54 bits per heavy atom. The number of hydrogen-bond acceptors (Lipinski definition) is 3. The van der Waals surface area contributed by atoms with Crippen molar-refractivity contribution in [3.05, 3.63) is 59.2 Å². The molecule has 0 saturated heterocycles. The minimum absolute atomic E-state index is 0.0516. The number of hydrogen-bond donors (Lipinski definition) is 2. The van der Waals surface area contributed by atoms with E-state index in [0.29, 0.717) is 18.8 Å². The number of benzene rings is 2.